The first-order valence-corrected chi connectivity index (χ1v) is 7.06. The lowest BCUT2D eigenvalue weighted by Gasteiger charge is -2.32. The Morgan fingerprint density at radius 1 is 1.30 bits per heavy atom. The molecular formula is C15H20F2N2O. The van der Waals surface area contributed by atoms with Crippen molar-refractivity contribution in [2.45, 2.75) is 32.6 Å². The molecule has 0 unspecified atom stereocenters. The van der Waals surface area contributed by atoms with E-state index in [1.807, 2.05) is 0 Å². The van der Waals surface area contributed by atoms with Crippen LogP contribution >= 0.6 is 0 Å². The van der Waals surface area contributed by atoms with Crippen LogP contribution in [0.4, 0.5) is 14.5 Å². The summed E-state index contributed by atoms with van der Waals surface area (Å²) in [6, 6.07) is 1.76. The third kappa shape index (κ3) is 3.08. The number of carbonyl (C=O) groups excluding carboxylic acids is 1. The summed E-state index contributed by atoms with van der Waals surface area (Å²) >= 11 is 0. The molecule has 0 aromatic heterocycles. The molecule has 0 saturated carbocycles. The zero-order chi connectivity index (χ0) is 14.7. The van der Waals surface area contributed by atoms with Crippen LogP contribution in [-0.4, -0.2) is 23.9 Å². The molecule has 2 rings (SSSR count). The number of anilines is 1. The van der Waals surface area contributed by atoms with Gasteiger partial charge in [0.1, 0.15) is 11.6 Å². The van der Waals surface area contributed by atoms with Crippen molar-refractivity contribution >= 4 is 11.6 Å². The predicted molar refractivity (Wildman–Crippen MR) is 74.3 cm³/mol. The van der Waals surface area contributed by atoms with E-state index in [2.05, 4.69) is 6.92 Å². The van der Waals surface area contributed by atoms with Crippen LogP contribution in [0.25, 0.3) is 0 Å². The molecule has 0 bridgehead atoms. The molecule has 1 amide bonds. The van der Waals surface area contributed by atoms with Gasteiger partial charge in [-0.05, 0) is 24.8 Å². The van der Waals surface area contributed by atoms with Gasteiger partial charge in [0.2, 0.25) is 0 Å². The molecule has 5 heteroatoms. The van der Waals surface area contributed by atoms with E-state index in [1.165, 1.54) is 6.42 Å². The van der Waals surface area contributed by atoms with Gasteiger partial charge >= 0.3 is 0 Å². The van der Waals surface area contributed by atoms with Crippen LogP contribution in [0.2, 0.25) is 0 Å². The lowest BCUT2D eigenvalue weighted by molar-refractivity contribution is 0.0682. The number of halogens is 2. The molecule has 0 radical (unpaired) electrons. The second-order valence-corrected chi connectivity index (χ2v) is 5.38. The van der Waals surface area contributed by atoms with E-state index in [-0.39, 0.29) is 11.3 Å². The van der Waals surface area contributed by atoms with Gasteiger partial charge in [-0.2, -0.15) is 0 Å². The number of piperidine rings is 1. The minimum Gasteiger partial charge on any atom is -0.396 e. The summed E-state index contributed by atoms with van der Waals surface area (Å²) in [6.07, 6.45) is 4.19. The molecule has 1 aliphatic heterocycles. The summed E-state index contributed by atoms with van der Waals surface area (Å²) in [5.74, 6) is -1.44. The molecule has 110 valence electrons. The molecule has 2 N–H and O–H groups in total. The Kier molecular flexibility index (Phi) is 4.57. The second kappa shape index (κ2) is 6.20. The first kappa shape index (κ1) is 14.8. The zero-order valence-electron chi connectivity index (χ0n) is 11.7. The van der Waals surface area contributed by atoms with Crippen molar-refractivity contribution in [3.63, 3.8) is 0 Å². The Morgan fingerprint density at radius 3 is 2.55 bits per heavy atom. The number of nitrogens with two attached hydrogens (primary N) is 1. The quantitative estimate of drug-likeness (QED) is 0.865. The number of nitrogen functional groups attached to an aromatic ring is 1. The van der Waals surface area contributed by atoms with Crippen LogP contribution in [0, 0.1) is 17.6 Å². The van der Waals surface area contributed by atoms with Crippen molar-refractivity contribution < 1.29 is 13.6 Å². The van der Waals surface area contributed by atoms with Gasteiger partial charge in [-0.3, -0.25) is 4.79 Å². The average molecular weight is 282 g/mol. The van der Waals surface area contributed by atoms with Gasteiger partial charge in [0.15, 0.2) is 0 Å². The molecule has 0 spiro atoms. The first-order valence-electron chi connectivity index (χ1n) is 7.06. The van der Waals surface area contributed by atoms with E-state index in [1.54, 1.807) is 4.90 Å². The van der Waals surface area contributed by atoms with Gasteiger partial charge in [0, 0.05) is 19.2 Å². The fraction of sp³-hybridized carbons (Fsp3) is 0.533. The third-order valence-corrected chi connectivity index (χ3v) is 3.92. The summed E-state index contributed by atoms with van der Waals surface area (Å²) in [6.45, 7) is 3.40. The third-order valence-electron chi connectivity index (χ3n) is 3.92. The number of likely N-dealkylation sites (tertiary alicyclic amines) is 1. The Hall–Kier alpha value is -1.65. The molecule has 1 heterocycles. The summed E-state index contributed by atoms with van der Waals surface area (Å²) in [5.41, 5.74) is 5.07. The molecule has 0 atom stereocenters. The van der Waals surface area contributed by atoms with E-state index < -0.39 is 17.5 Å². The lowest BCUT2D eigenvalue weighted by Crippen LogP contribution is -2.38. The number of amides is 1. The van der Waals surface area contributed by atoms with Crippen LogP contribution < -0.4 is 5.73 Å². The van der Waals surface area contributed by atoms with Crippen molar-refractivity contribution in [2.75, 3.05) is 18.8 Å². The summed E-state index contributed by atoms with van der Waals surface area (Å²) in [5, 5.41) is 0. The number of benzene rings is 1. The fourth-order valence-corrected chi connectivity index (χ4v) is 2.73. The van der Waals surface area contributed by atoms with Gasteiger partial charge in [0.05, 0.1) is 11.3 Å². The lowest BCUT2D eigenvalue weighted by atomic mass is 9.92. The van der Waals surface area contributed by atoms with Gasteiger partial charge in [-0.1, -0.05) is 19.8 Å². The molecular weight excluding hydrogens is 262 g/mol. The van der Waals surface area contributed by atoms with E-state index in [4.69, 9.17) is 5.73 Å². The molecule has 1 fully saturated rings. The minimum atomic E-state index is -0.850. The predicted octanol–water partition coefficient (Wildman–Crippen LogP) is 3.20. The average Bonchev–Trinajstić information content (AvgIpc) is 2.43. The van der Waals surface area contributed by atoms with Crippen LogP contribution in [0.3, 0.4) is 0 Å². The van der Waals surface area contributed by atoms with Crippen LogP contribution in [0.1, 0.15) is 43.0 Å². The topological polar surface area (TPSA) is 46.3 Å². The Labute approximate surface area is 117 Å². The monoisotopic (exact) mass is 282 g/mol. The summed E-state index contributed by atoms with van der Waals surface area (Å²) in [7, 11) is 0. The first-order chi connectivity index (χ1) is 9.52. The van der Waals surface area contributed by atoms with Gasteiger partial charge in [0.25, 0.3) is 5.91 Å². The Balaban J connectivity index is 2.07. The molecule has 1 aliphatic rings. The zero-order valence-corrected chi connectivity index (χ0v) is 11.7. The fourth-order valence-electron chi connectivity index (χ4n) is 2.73. The highest BCUT2D eigenvalue weighted by Crippen LogP contribution is 2.24. The van der Waals surface area contributed by atoms with Gasteiger partial charge in [-0.25, -0.2) is 8.78 Å². The van der Waals surface area contributed by atoms with E-state index >= 15 is 0 Å². The molecule has 3 nitrogen and oxygen atoms in total. The number of rotatable bonds is 3. The summed E-state index contributed by atoms with van der Waals surface area (Å²) in [4.78, 5) is 13.9. The highest BCUT2D eigenvalue weighted by atomic mass is 19.1. The maximum absolute atomic E-state index is 13.7. The molecule has 0 aliphatic carbocycles. The Morgan fingerprint density at radius 2 is 1.95 bits per heavy atom. The van der Waals surface area contributed by atoms with Crippen molar-refractivity contribution in [3.8, 4) is 0 Å². The second-order valence-electron chi connectivity index (χ2n) is 5.38. The van der Waals surface area contributed by atoms with E-state index in [0.717, 1.165) is 25.3 Å². The van der Waals surface area contributed by atoms with Crippen LogP contribution in [0.15, 0.2) is 12.1 Å². The SMILES string of the molecule is CCCC1CCN(C(=O)c2cc(N)c(F)cc2F)CC1. The van der Waals surface area contributed by atoms with Crippen molar-refractivity contribution in [3.05, 3.63) is 29.3 Å². The smallest absolute Gasteiger partial charge is 0.256 e. The largest absolute Gasteiger partial charge is 0.396 e. The van der Waals surface area contributed by atoms with Crippen LogP contribution in [-0.2, 0) is 0 Å². The molecule has 20 heavy (non-hydrogen) atoms. The van der Waals surface area contributed by atoms with E-state index in [0.29, 0.717) is 25.1 Å². The number of carbonyl (C=O) groups is 1. The normalized spacial score (nSPS) is 16.4. The van der Waals surface area contributed by atoms with Gasteiger partial charge < -0.3 is 10.6 Å². The highest BCUT2D eigenvalue weighted by molar-refractivity contribution is 5.95. The van der Waals surface area contributed by atoms with Gasteiger partial charge in [-0.15, -0.1) is 0 Å². The number of hydrogen-bond acceptors (Lipinski definition) is 2. The maximum Gasteiger partial charge on any atom is 0.256 e. The van der Waals surface area contributed by atoms with Crippen molar-refractivity contribution in [1.82, 2.24) is 4.90 Å². The van der Waals surface area contributed by atoms with Crippen LogP contribution in [0.5, 0.6) is 0 Å². The standard InChI is InChI=1S/C15H20F2N2O/c1-2-3-10-4-6-19(7-5-10)15(20)11-8-14(18)13(17)9-12(11)16/h8-10H,2-7,18H2,1H3. The molecule has 1 aromatic rings. The maximum atomic E-state index is 13.7. The highest BCUT2D eigenvalue weighted by Gasteiger charge is 2.25. The van der Waals surface area contributed by atoms with Crippen molar-refractivity contribution in [2.24, 2.45) is 5.92 Å². The van der Waals surface area contributed by atoms with E-state index in [9.17, 15) is 13.6 Å². The Bertz CT molecular complexity index is 497. The molecule has 1 aromatic carbocycles. The number of hydrogen-bond donors (Lipinski definition) is 1. The minimum absolute atomic E-state index is 0.141. The van der Waals surface area contributed by atoms with Crippen molar-refractivity contribution in [1.29, 1.82) is 0 Å². The molecule has 1 saturated heterocycles. The summed E-state index contributed by atoms with van der Waals surface area (Å²) < 4.78 is 26.8. The number of nitrogens with zero attached hydrogens (tertiary/aromatic N) is 1.